The zero-order chi connectivity index (χ0) is 14.8. The number of ether oxygens (including phenoxy) is 2. The first-order chi connectivity index (χ1) is 9.63. The molecular weight excluding hydrogens is 250 g/mol. The molecule has 0 saturated heterocycles. The van der Waals surface area contributed by atoms with Crippen LogP contribution in [0.15, 0.2) is 18.2 Å². The molecule has 1 aromatic carbocycles. The predicted octanol–water partition coefficient (Wildman–Crippen LogP) is 3.94. The van der Waals surface area contributed by atoms with Crippen LogP contribution in [0.2, 0.25) is 0 Å². The van der Waals surface area contributed by atoms with Crippen molar-refractivity contribution < 1.29 is 9.47 Å². The lowest BCUT2D eigenvalue weighted by molar-refractivity contribution is 0.284. The van der Waals surface area contributed by atoms with Crippen LogP contribution in [-0.4, -0.2) is 26.3 Å². The Morgan fingerprint density at radius 2 is 1.80 bits per heavy atom. The van der Waals surface area contributed by atoms with E-state index in [2.05, 4.69) is 32.2 Å². The van der Waals surface area contributed by atoms with E-state index in [1.165, 1.54) is 24.8 Å². The van der Waals surface area contributed by atoms with Gasteiger partial charge in [0.15, 0.2) is 11.5 Å². The highest BCUT2D eigenvalue weighted by Crippen LogP contribution is 2.27. The Morgan fingerprint density at radius 3 is 2.50 bits per heavy atom. The van der Waals surface area contributed by atoms with Crippen LogP contribution in [0.4, 0.5) is 0 Å². The summed E-state index contributed by atoms with van der Waals surface area (Å²) >= 11 is 0. The van der Waals surface area contributed by atoms with Crippen LogP contribution in [0.25, 0.3) is 0 Å². The van der Waals surface area contributed by atoms with Crippen molar-refractivity contribution in [3.63, 3.8) is 0 Å². The molecule has 0 aliphatic rings. The molecule has 114 valence electrons. The van der Waals surface area contributed by atoms with Crippen molar-refractivity contribution >= 4 is 0 Å². The van der Waals surface area contributed by atoms with Gasteiger partial charge in [-0.05, 0) is 44.0 Å². The molecule has 1 aromatic rings. The third kappa shape index (κ3) is 6.80. The fourth-order valence-corrected chi connectivity index (χ4v) is 2.05. The van der Waals surface area contributed by atoms with E-state index in [9.17, 15) is 0 Å². The van der Waals surface area contributed by atoms with Gasteiger partial charge in [-0.15, -0.1) is 0 Å². The fraction of sp³-hybridized carbons (Fsp3) is 0.647. The van der Waals surface area contributed by atoms with E-state index in [1.54, 1.807) is 7.11 Å². The summed E-state index contributed by atoms with van der Waals surface area (Å²) in [6, 6.07) is 6.63. The monoisotopic (exact) mass is 279 g/mol. The molecule has 0 saturated carbocycles. The average molecular weight is 279 g/mol. The van der Waals surface area contributed by atoms with Gasteiger partial charge in [-0.3, -0.25) is 0 Å². The van der Waals surface area contributed by atoms with Crippen molar-refractivity contribution in [2.24, 2.45) is 0 Å². The Balaban J connectivity index is 2.12. The first-order valence-electron chi connectivity index (χ1n) is 7.64. The van der Waals surface area contributed by atoms with Crippen LogP contribution in [0, 0.1) is 6.92 Å². The molecule has 0 unspecified atom stereocenters. The van der Waals surface area contributed by atoms with Crippen LogP contribution in [0.1, 0.15) is 45.1 Å². The normalized spacial score (nSPS) is 10.8. The summed E-state index contributed by atoms with van der Waals surface area (Å²) < 4.78 is 11.1. The molecule has 1 N–H and O–H groups in total. The first-order valence-corrected chi connectivity index (χ1v) is 7.64. The maximum Gasteiger partial charge on any atom is 0.161 e. The molecule has 0 radical (unpaired) electrons. The molecule has 20 heavy (non-hydrogen) atoms. The van der Waals surface area contributed by atoms with Gasteiger partial charge < -0.3 is 14.8 Å². The number of rotatable bonds is 10. The smallest absolute Gasteiger partial charge is 0.161 e. The zero-order valence-electron chi connectivity index (χ0n) is 13.4. The molecule has 0 fully saturated rings. The highest BCUT2D eigenvalue weighted by Gasteiger charge is 2.03. The predicted molar refractivity (Wildman–Crippen MR) is 84.8 cm³/mol. The van der Waals surface area contributed by atoms with Crippen LogP contribution in [0.5, 0.6) is 11.5 Å². The number of unbranched alkanes of at least 4 members (excludes halogenated alkanes) is 3. The first kappa shape index (κ1) is 16.8. The molecule has 0 bridgehead atoms. The Bertz CT molecular complexity index is 377. The maximum atomic E-state index is 5.79. The second-order valence-corrected chi connectivity index (χ2v) is 5.53. The summed E-state index contributed by atoms with van der Waals surface area (Å²) in [5.41, 5.74) is 1.19. The van der Waals surface area contributed by atoms with Crippen molar-refractivity contribution in [2.45, 2.75) is 52.5 Å². The van der Waals surface area contributed by atoms with Crippen molar-refractivity contribution in [3.8, 4) is 11.5 Å². The van der Waals surface area contributed by atoms with E-state index in [-0.39, 0.29) is 0 Å². The van der Waals surface area contributed by atoms with Crippen molar-refractivity contribution in [2.75, 3.05) is 20.3 Å². The number of aryl methyl sites for hydroxylation is 1. The van der Waals surface area contributed by atoms with Gasteiger partial charge in [0.05, 0.1) is 13.7 Å². The van der Waals surface area contributed by atoms with Gasteiger partial charge in [0.2, 0.25) is 0 Å². The number of hydrogen-bond donors (Lipinski definition) is 1. The number of nitrogens with one attached hydrogen (secondary N) is 1. The number of benzene rings is 1. The minimum atomic E-state index is 0.590. The van der Waals surface area contributed by atoms with Crippen molar-refractivity contribution in [1.82, 2.24) is 5.32 Å². The van der Waals surface area contributed by atoms with Gasteiger partial charge in [-0.1, -0.05) is 32.8 Å². The Morgan fingerprint density at radius 1 is 1.05 bits per heavy atom. The molecular formula is C17H29NO2. The fourth-order valence-electron chi connectivity index (χ4n) is 2.05. The molecule has 0 heterocycles. The molecule has 0 aliphatic heterocycles. The third-order valence-corrected chi connectivity index (χ3v) is 3.20. The summed E-state index contributed by atoms with van der Waals surface area (Å²) in [5.74, 6) is 1.67. The Labute approximate surface area is 123 Å². The van der Waals surface area contributed by atoms with E-state index in [0.29, 0.717) is 6.04 Å². The minimum absolute atomic E-state index is 0.590. The van der Waals surface area contributed by atoms with E-state index in [1.807, 2.05) is 12.1 Å². The third-order valence-electron chi connectivity index (χ3n) is 3.20. The summed E-state index contributed by atoms with van der Waals surface area (Å²) in [7, 11) is 1.68. The molecule has 0 aromatic heterocycles. The Kier molecular flexibility index (Phi) is 8.12. The maximum absolute atomic E-state index is 5.79. The van der Waals surface area contributed by atoms with Gasteiger partial charge in [0.25, 0.3) is 0 Å². The second kappa shape index (κ2) is 9.65. The quantitative estimate of drug-likeness (QED) is 0.658. The molecule has 3 heteroatoms. The molecule has 3 nitrogen and oxygen atoms in total. The SMILES string of the molecule is COc1cc(C)ccc1OCCCCCCNC(C)C. The van der Waals surface area contributed by atoms with E-state index in [0.717, 1.165) is 31.1 Å². The lowest BCUT2D eigenvalue weighted by atomic mass is 10.2. The van der Waals surface area contributed by atoms with Gasteiger partial charge >= 0.3 is 0 Å². The number of methoxy groups -OCH3 is 1. The molecule has 0 atom stereocenters. The van der Waals surface area contributed by atoms with Crippen LogP contribution in [-0.2, 0) is 0 Å². The van der Waals surface area contributed by atoms with Gasteiger partial charge in [-0.25, -0.2) is 0 Å². The largest absolute Gasteiger partial charge is 0.493 e. The Hall–Kier alpha value is -1.22. The average Bonchev–Trinajstić information content (AvgIpc) is 2.42. The highest BCUT2D eigenvalue weighted by atomic mass is 16.5. The van der Waals surface area contributed by atoms with E-state index < -0.39 is 0 Å². The molecule has 0 amide bonds. The van der Waals surface area contributed by atoms with Crippen LogP contribution in [0.3, 0.4) is 0 Å². The summed E-state index contributed by atoms with van der Waals surface area (Å²) in [6.07, 6.45) is 4.81. The second-order valence-electron chi connectivity index (χ2n) is 5.53. The standard InChI is InChI=1S/C17H29NO2/c1-14(2)18-11-7-5-6-8-12-20-16-10-9-15(3)13-17(16)19-4/h9-10,13-14,18H,5-8,11-12H2,1-4H3. The minimum Gasteiger partial charge on any atom is -0.493 e. The van der Waals surface area contributed by atoms with Gasteiger partial charge in [0.1, 0.15) is 0 Å². The van der Waals surface area contributed by atoms with E-state index >= 15 is 0 Å². The van der Waals surface area contributed by atoms with Crippen molar-refractivity contribution in [1.29, 1.82) is 0 Å². The van der Waals surface area contributed by atoms with Crippen LogP contribution < -0.4 is 14.8 Å². The summed E-state index contributed by atoms with van der Waals surface area (Å²) in [5, 5.41) is 3.43. The summed E-state index contributed by atoms with van der Waals surface area (Å²) in [4.78, 5) is 0. The van der Waals surface area contributed by atoms with Gasteiger partial charge in [0, 0.05) is 6.04 Å². The van der Waals surface area contributed by atoms with E-state index in [4.69, 9.17) is 9.47 Å². The lowest BCUT2D eigenvalue weighted by Crippen LogP contribution is -2.23. The molecule has 1 rings (SSSR count). The summed E-state index contributed by atoms with van der Waals surface area (Å²) in [6.45, 7) is 8.30. The molecule has 0 aliphatic carbocycles. The lowest BCUT2D eigenvalue weighted by Gasteiger charge is -2.11. The zero-order valence-corrected chi connectivity index (χ0v) is 13.4. The number of hydrogen-bond acceptors (Lipinski definition) is 3. The van der Waals surface area contributed by atoms with Crippen molar-refractivity contribution in [3.05, 3.63) is 23.8 Å². The molecule has 0 spiro atoms. The highest BCUT2D eigenvalue weighted by molar-refractivity contribution is 5.42. The topological polar surface area (TPSA) is 30.5 Å². The van der Waals surface area contributed by atoms with Crippen LogP contribution >= 0.6 is 0 Å². The van der Waals surface area contributed by atoms with Gasteiger partial charge in [-0.2, -0.15) is 0 Å².